The molecular weight excluding hydrogens is 196 g/mol. The van der Waals surface area contributed by atoms with Crippen LogP contribution in [0.5, 0.6) is 0 Å². The third kappa shape index (κ3) is 3.74. The van der Waals surface area contributed by atoms with Crippen LogP contribution in [-0.4, -0.2) is 37.1 Å². The normalized spacial score (nSPS) is 29.4. The minimum atomic E-state index is 0.828. The number of hydrogen-bond acceptors (Lipinski definition) is 2. The minimum Gasteiger partial charge on any atom is -0.314 e. The number of hydrogen-bond donors (Lipinski definition) is 1. The first kappa shape index (κ1) is 12.4. The lowest BCUT2D eigenvalue weighted by atomic mass is 10.1. The van der Waals surface area contributed by atoms with Gasteiger partial charge in [0.05, 0.1) is 0 Å². The van der Waals surface area contributed by atoms with Crippen LogP contribution in [0.2, 0.25) is 0 Å². The van der Waals surface area contributed by atoms with E-state index in [9.17, 15) is 0 Å². The zero-order valence-corrected chi connectivity index (χ0v) is 10.9. The highest BCUT2D eigenvalue weighted by Gasteiger charge is 2.20. The van der Waals surface area contributed by atoms with Gasteiger partial charge in [0, 0.05) is 12.1 Å². The molecule has 1 saturated heterocycles. The standard InChI is InChI=1S/C14H28N2/c1-16-12-6-9-14(16)10-11-15-13-7-4-2-3-5-8-13/h13-15H,2-12H2,1H3. The summed E-state index contributed by atoms with van der Waals surface area (Å²) in [5, 5.41) is 3.78. The Hall–Kier alpha value is -0.0800. The summed E-state index contributed by atoms with van der Waals surface area (Å²) < 4.78 is 0. The molecule has 0 aromatic heterocycles. The highest BCUT2D eigenvalue weighted by molar-refractivity contribution is 4.78. The van der Waals surface area contributed by atoms with E-state index in [4.69, 9.17) is 0 Å². The molecule has 2 rings (SSSR count). The van der Waals surface area contributed by atoms with Gasteiger partial charge < -0.3 is 10.2 Å². The van der Waals surface area contributed by atoms with Gasteiger partial charge in [0.2, 0.25) is 0 Å². The van der Waals surface area contributed by atoms with E-state index in [-0.39, 0.29) is 0 Å². The molecule has 1 aliphatic carbocycles. The fraction of sp³-hybridized carbons (Fsp3) is 1.00. The van der Waals surface area contributed by atoms with E-state index in [0.29, 0.717) is 0 Å². The Morgan fingerprint density at radius 3 is 2.38 bits per heavy atom. The summed E-state index contributed by atoms with van der Waals surface area (Å²) in [4.78, 5) is 2.54. The molecule has 2 aliphatic rings. The molecule has 0 radical (unpaired) electrons. The number of nitrogens with zero attached hydrogens (tertiary/aromatic N) is 1. The molecule has 1 aliphatic heterocycles. The quantitative estimate of drug-likeness (QED) is 0.739. The van der Waals surface area contributed by atoms with Gasteiger partial charge in [-0.1, -0.05) is 25.7 Å². The van der Waals surface area contributed by atoms with Crippen molar-refractivity contribution >= 4 is 0 Å². The average Bonchev–Trinajstić information content (AvgIpc) is 2.55. The van der Waals surface area contributed by atoms with Crippen LogP contribution in [0, 0.1) is 0 Å². The molecular formula is C14H28N2. The Morgan fingerprint density at radius 2 is 1.75 bits per heavy atom. The van der Waals surface area contributed by atoms with E-state index in [1.807, 2.05) is 0 Å². The van der Waals surface area contributed by atoms with Gasteiger partial charge in [-0.2, -0.15) is 0 Å². The van der Waals surface area contributed by atoms with Gasteiger partial charge in [-0.05, 0) is 52.2 Å². The smallest absolute Gasteiger partial charge is 0.0105 e. The first-order valence-corrected chi connectivity index (χ1v) is 7.30. The van der Waals surface area contributed by atoms with Crippen LogP contribution < -0.4 is 5.32 Å². The van der Waals surface area contributed by atoms with Crippen LogP contribution in [0.1, 0.15) is 57.8 Å². The fourth-order valence-corrected chi connectivity index (χ4v) is 3.28. The van der Waals surface area contributed by atoms with Crippen molar-refractivity contribution in [3.05, 3.63) is 0 Å². The largest absolute Gasteiger partial charge is 0.314 e. The zero-order chi connectivity index (χ0) is 11.2. The van der Waals surface area contributed by atoms with E-state index in [2.05, 4.69) is 17.3 Å². The second-order valence-corrected chi connectivity index (χ2v) is 5.71. The summed E-state index contributed by atoms with van der Waals surface area (Å²) in [6, 6.07) is 1.69. The summed E-state index contributed by atoms with van der Waals surface area (Å²) in [7, 11) is 2.28. The molecule has 94 valence electrons. The molecule has 1 atom stereocenters. The molecule has 0 aromatic carbocycles. The number of nitrogens with one attached hydrogen (secondary N) is 1. The molecule has 1 saturated carbocycles. The summed E-state index contributed by atoms with van der Waals surface area (Å²) in [6.07, 6.45) is 12.8. The van der Waals surface area contributed by atoms with Crippen LogP contribution >= 0.6 is 0 Å². The monoisotopic (exact) mass is 224 g/mol. The Kier molecular flexibility index (Phi) is 5.11. The highest BCUT2D eigenvalue weighted by atomic mass is 15.1. The van der Waals surface area contributed by atoms with E-state index >= 15 is 0 Å². The Morgan fingerprint density at radius 1 is 1.00 bits per heavy atom. The van der Waals surface area contributed by atoms with Crippen LogP contribution in [0.25, 0.3) is 0 Å². The summed E-state index contributed by atoms with van der Waals surface area (Å²) in [5.74, 6) is 0. The van der Waals surface area contributed by atoms with Crippen LogP contribution in [0.15, 0.2) is 0 Å². The predicted molar refractivity (Wildman–Crippen MR) is 69.8 cm³/mol. The molecule has 2 fully saturated rings. The lowest BCUT2D eigenvalue weighted by Crippen LogP contribution is -2.34. The summed E-state index contributed by atoms with van der Waals surface area (Å²) >= 11 is 0. The third-order valence-electron chi connectivity index (χ3n) is 4.44. The van der Waals surface area contributed by atoms with Gasteiger partial charge in [-0.15, -0.1) is 0 Å². The van der Waals surface area contributed by atoms with Gasteiger partial charge in [0.1, 0.15) is 0 Å². The molecule has 0 bridgehead atoms. The van der Waals surface area contributed by atoms with E-state index in [1.165, 1.54) is 70.9 Å². The molecule has 1 N–H and O–H groups in total. The second kappa shape index (κ2) is 6.61. The third-order valence-corrected chi connectivity index (χ3v) is 4.44. The SMILES string of the molecule is CN1CCCC1CCNC1CCCCCC1. The molecule has 0 aromatic rings. The van der Waals surface area contributed by atoms with Gasteiger partial charge in [0.25, 0.3) is 0 Å². The topological polar surface area (TPSA) is 15.3 Å². The van der Waals surface area contributed by atoms with E-state index < -0.39 is 0 Å². The fourth-order valence-electron chi connectivity index (χ4n) is 3.28. The maximum Gasteiger partial charge on any atom is 0.0105 e. The minimum absolute atomic E-state index is 0.828. The average molecular weight is 224 g/mol. The first-order chi connectivity index (χ1) is 7.86. The van der Waals surface area contributed by atoms with Crippen molar-refractivity contribution in [1.82, 2.24) is 10.2 Å². The van der Waals surface area contributed by atoms with E-state index in [0.717, 1.165) is 12.1 Å². The molecule has 0 amide bonds. The van der Waals surface area contributed by atoms with Crippen molar-refractivity contribution in [3.8, 4) is 0 Å². The second-order valence-electron chi connectivity index (χ2n) is 5.71. The number of rotatable bonds is 4. The molecule has 2 nitrogen and oxygen atoms in total. The molecule has 0 spiro atoms. The first-order valence-electron chi connectivity index (χ1n) is 7.30. The van der Waals surface area contributed by atoms with Crippen LogP contribution in [-0.2, 0) is 0 Å². The Labute approximate surface area is 101 Å². The van der Waals surface area contributed by atoms with E-state index in [1.54, 1.807) is 0 Å². The predicted octanol–water partition coefficient (Wildman–Crippen LogP) is 2.78. The van der Waals surface area contributed by atoms with Gasteiger partial charge in [-0.25, -0.2) is 0 Å². The number of likely N-dealkylation sites (tertiary alicyclic amines) is 1. The molecule has 16 heavy (non-hydrogen) atoms. The van der Waals surface area contributed by atoms with Crippen molar-refractivity contribution in [1.29, 1.82) is 0 Å². The van der Waals surface area contributed by atoms with Crippen LogP contribution in [0.4, 0.5) is 0 Å². The molecule has 1 heterocycles. The van der Waals surface area contributed by atoms with Crippen molar-refractivity contribution in [2.75, 3.05) is 20.1 Å². The lowest BCUT2D eigenvalue weighted by molar-refractivity contribution is 0.288. The van der Waals surface area contributed by atoms with Gasteiger partial charge >= 0.3 is 0 Å². The highest BCUT2D eigenvalue weighted by Crippen LogP contribution is 2.19. The summed E-state index contributed by atoms with van der Waals surface area (Å²) in [5.41, 5.74) is 0. The van der Waals surface area contributed by atoms with Crippen molar-refractivity contribution in [3.63, 3.8) is 0 Å². The van der Waals surface area contributed by atoms with Crippen molar-refractivity contribution in [2.45, 2.75) is 69.9 Å². The lowest BCUT2D eigenvalue weighted by Gasteiger charge is -2.22. The maximum absolute atomic E-state index is 3.78. The maximum atomic E-state index is 3.78. The van der Waals surface area contributed by atoms with Gasteiger partial charge in [0.15, 0.2) is 0 Å². The zero-order valence-electron chi connectivity index (χ0n) is 10.9. The Bertz CT molecular complexity index is 185. The summed E-state index contributed by atoms with van der Waals surface area (Å²) in [6.45, 7) is 2.55. The van der Waals surface area contributed by atoms with Crippen molar-refractivity contribution < 1.29 is 0 Å². The Balaban J connectivity index is 1.59. The van der Waals surface area contributed by atoms with Crippen molar-refractivity contribution in [2.24, 2.45) is 0 Å². The van der Waals surface area contributed by atoms with Crippen LogP contribution in [0.3, 0.4) is 0 Å². The molecule has 1 unspecified atom stereocenters. The van der Waals surface area contributed by atoms with Gasteiger partial charge in [-0.3, -0.25) is 0 Å². The molecule has 2 heteroatoms.